The maximum atomic E-state index is 5.95. The van der Waals surface area contributed by atoms with Gasteiger partial charge in [-0.2, -0.15) is 0 Å². The summed E-state index contributed by atoms with van der Waals surface area (Å²) in [4.78, 5) is 0.537. The zero-order valence-electron chi connectivity index (χ0n) is 8.77. The van der Waals surface area contributed by atoms with Crippen molar-refractivity contribution in [1.29, 1.82) is 0 Å². The minimum absolute atomic E-state index is 0.537. The van der Waals surface area contributed by atoms with Crippen molar-refractivity contribution in [3.8, 4) is 0 Å². The zero-order valence-corrected chi connectivity index (χ0v) is 11.9. The van der Waals surface area contributed by atoms with E-state index in [0.29, 0.717) is 14.9 Å². The van der Waals surface area contributed by atoms with Crippen molar-refractivity contribution in [3.63, 3.8) is 0 Å². The maximum Gasteiger partial charge on any atom is 0.0595 e. The molecule has 0 nitrogen and oxygen atoms in total. The van der Waals surface area contributed by atoms with Gasteiger partial charge in [-0.05, 0) is 30.5 Å². The topological polar surface area (TPSA) is 0 Å². The third kappa shape index (κ3) is 4.76. The fourth-order valence-corrected chi connectivity index (χ4v) is 2.47. The summed E-state index contributed by atoms with van der Waals surface area (Å²) in [5, 5.41) is 1.27. The van der Waals surface area contributed by atoms with Gasteiger partial charge in [-0.1, -0.05) is 65.0 Å². The molecule has 0 aliphatic carbocycles. The van der Waals surface area contributed by atoms with Gasteiger partial charge in [0.05, 0.1) is 10.0 Å². The minimum atomic E-state index is 0.537. The molecule has 3 heteroatoms. The van der Waals surface area contributed by atoms with Crippen molar-refractivity contribution in [2.75, 3.05) is 0 Å². The molecule has 0 saturated carbocycles. The molecule has 0 bridgehead atoms. The van der Waals surface area contributed by atoms with E-state index in [-0.39, 0.29) is 0 Å². The summed E-state index contributed by atoms with van der Waals surface area (Å²) in [5.41, 5.74) is 1.24. The lowest BCUT2D eigenvalue weighted by atomic mass is 10.1. The molecule has 1 unspecified atom stereocenters. The number of halogens is 3. The van der Waals surface area contributed by atoms with Crippen molar-refractivity contribution in [3.05, 3.63) is 33.8 Å². The Hall–Kier alpha value is 0.280. The Morgan fingerprint density at radius 2 is 2.00 bits per heavy atom. The average molecular weight is 310 g/mol. The van der Waals surface area contributed by atoms with Crippen molar-refractivity contribution >= 4 is 39.1 Å². The van der Waals surface area contributed by atoms with Gasteiger partial charge in [0, 0.05) is 4.83 Å². The Balaban J connectivity index is 2.53. The van der Waals surface area contributed by atoms with E-state index in [2.05, 4.69) is 22.9 Å². The number of alkyl halides is 1. The lowest BCUT2D eigenvalue weighted by molar-refractivity contribution is 0.687. The Kier molecular flexibility index (Phi) is 6.03. The van der Waals surface area contributed by atoms with E-state index < -0.39 is 0 Å². The molecule has 0 amide bonds. The molecule has 15 heavy (non-hydrogen) atoms. The van der Waals surface area contributed by atoms with Crippen LogP contribution in [0.2, 0.25) is 10.0 Å². The zero-order chi connectivity index (χ0) is 11.3. The first-order valence-corrected chi connectivity index (χ1v) is 6.88. The van der Waals surface area contributed by atoms with E-state index in [1.54, 1.807) is 0 Å². The quantitative estimate of drug-likeness (QED) is 0.631. The number of rotatable bonds is 5. The van der Waals surface area contributed by atoms with Gasteiger partial charge < -0.3 is 0 Å². The molecular weight excluding hydrogens is 295 g/mol. The van der Waals surface area contributed by atoms with Gasteiger partial charge in [-0.15, -0.1) is 0 Å². The standard InChI is InChI=1S/C12H15BrCl2/c1-2-3-4-10(13)7-9-5-6-11(14)12(15)8-9/h5-6,8,10H,2-4,7H2,1H3. The lowest BCUT2D eigenvalue weighted by Crippen LogP contribution is -2.02. The highest BCUT2D eigenvalue weighted by atomic mass is 79.9. The lowest BCUT2D eigenvalue weighted by Gasteiger charge is -2.09. The molecule has 0 spiro atoms. The van der Waals surface area contributed by atoms with Gasteiger partial charge in [0.1, 0.15) is 0 Å². The molecule has 0 radical (unpaired) electrons. The number of hydrogen-bond donors (Lipinski definition) is 0. The van der Waals surface area contributed by atoms with Crippen LogP contribution in [0.3, 0.4) is 0 Å². The first-order chi connectivity index (χ1) is 7.13. The SMILES string of the molecule is CCCCC(Br)Cc1ccc(Cl)c(Cl)c1. The van der Waals surface area contributed by atoms with Crippen LogP contribution in [0, 0.1) is 0 Å². The van der Waals surface area contributed by atoms with Crippen molar-refractivity contribution in [2.24, 2.45) is 0 Å². The van der Waals surface area contributed by atoms with Crippen LogP contribution in [0.5, 0.6) is 0 Å². The molecule has 0 aliphatic rings. The van der Waals surface area contributed by atoms with Crippen LogP contribution in [0.4, 0.5) is 0 Å². The molecule has 0 fully saturated rings. The van der Waals surface area contributed by atoms with Gasteiger partial charge in [0.25, 0.3) is 0 Å². The summed E-state index contributed by atoms with van der Waals surface area (Å²) in [7, 11) is 0. The summed E-state index contributed by atoms with van der Waals surface area (Å²) in [6, 6.07) is 5.84. The molecule has 84 valence electrons. The van der Waals surface area contributed by atoms with Crippen molar-refractivity contribution < 1.29 is 0 Å². The Morgan fingerprint density at radius 3 is 2.60 bits per heavy atom. The third-order valence-electron chi connectivity index (χ3n) is 2.31. The van der Waals surface area contributed by atoms with E-state index in [0.717, 1.165) is 6.42 Å². The fourth-order valence-electron chi connectivity index (χ4n) is 1.45. The van der Waals surface area contributed by atoms with Crippen LogP contribution >= 0.6 is 39.1 Å². The molecule has 1 rings (SSSR count). The Morgan fingerprint density at radius 1 is 1.27 bits per heavy atom. The highest BCUT2D eigenvalue weighted by Gasteiger charge is 2.06. The summed E-state index contributed by atoms with van der Waals surface area (Å²) in [5.74, 6) is 0. The highest BCUT2D eigenvalue weighted by Crippen LogP contribution is 2.24. The van der Waals surface area contributed by atoms with Crippen LogP contribution in [-0.2, 0) is 6.42 Å². The van der Waals surface area contributed by atoms with Gasteiger partial charge in [-0.3, -0.25) is 0 Å². The molecule has 0 N–H and O–H groups in total. The van der Waals surface area contributed by atoms with Crippen LogP contribution in [-0.4, -0.2) is 4.83 Å². The second-order valence-electron chi connectivity index (χ2n) is 3.69. The first-order valence-electron chi connectivity index (χ1n) is 5.21. The summed E-state index contributed by atoms with van der Waals surface area (Å²) in [6.45, 7) is 2.21. The van der Waals surface area contributed by atoms with Crippen molar-refractivity contribution in [2.45, 2.75) is 37.4 Å². The van der Waals surface area contributed by atoms with Crippen LogP contribution in [0.25, 0.3) is 0 Å². The molecule has 0 aliphatic heterocycles. The number of benzene rings is 1. The van der Waals surface area contributed by atoms with Gasteiger partial charge >= 0.3 is 0 Å². The molecular formula is C12H15BrCl2. The summed E-state index contributed by atoms with van der Waals surface area (Å²) < 4.78 is 0. The first kappa shape index (κ1) is 13.3. The molecule has 1 aromatic carbocycles. The Bertz CT molecular complexity index is 312. The van der Waals surface area contributed by atoms with Crippen LogP contribution < -0.4 is 0 Å². The van der Waals surface area contributed by atoms with E-state index in [4.69, 9.17) is 23.2 Å². The van der Waals surface area contributed by atoms with E-state index in [1.165, 1.54) is 24.8 Å². The smallest absolute Gasteiger partial charge is 0.0595 e. The van der Waals surface area contributed by atoms with Gasteiger partial charge in [0.2, 0.25) is 0 Å². The predicted octanol–water partition coefficient (Wildman–Crippen LogP) is 5.49. The molecule has 0 heterocycles. The molecule has 0 saturated heterocycles. The summed E-state index contributed by atoms with van der Waals surface area (Å²) in [6.07, 6.45) is 4.72. The average Bonchev–Trinajstić information content (AvgIpc) is 2.20. The van der Waals surface area contributed by atoms with Crippen molar-refractivity contribution in [1.82, 2.24) is 0 Å². The van der Waals surface area contributed by atoms with Gasteiger partial charge in [0.15, 0.2) is 0 Å². The molecule has 1 atom stereocenters. The second kappa shape index (κ2) is 6.78. The molecule has 0 aromatic heterocycles. The van der Waals surface area contributed by atoms with Crippen LogP contribution in [0.15, 0.2) is 18.2 Å². The third-order valence-corrected chi connectivity index (χ3v) is 3.83. The second-order valence-corrected chi connectivity index (χ2v) is 5.80. The maximum absolute atomic E-state index is 5.95. The predicted molar refractivity (Wildman–Crippen MR) is 72.4 cm³/mol. The monoisotopic (exact) mass is 308 g/mol. The number of hydrogen-bond acceptors (Lipinski definition) is 0. The largest absolute Gasteiger partial charge is 0.0887 e. The molecule has 1 aromatic rings. The highest BCUT2D eigenvalue weighted by molar-refractivity contribution is 9.09. The van der Waals surface area contributed by atoms with E-state index in [1.807, 2.05) is 18.2 Å². The van der Waals surface area contributed by atoms with E-state index >= 15 is 0 Å². The fraction of sp³-hybridized carbons (Fsp3) is 0.500. The minimum Gasteiger partial charge on any atom is -0.0887 e. The Labute approximate surface area is 110 Å². The van der Waals surface area contributed by atoms with E-state index in [9.17, 15) is 0 Å². The van der Waals surface area contributed by atoms with Crippen LogP contribution in [0.1, 0.15) is 31.7 Å². The summed E-state index contributed by atoms with van der Waals surface area (Å²) >= 11 is 15.5. The van der Waals surface area contributed by atoms with Gasteiger partial charge in [-0.25, -0.2) is 0 Å². The normalized spacial score (nSPS) is 12.8. The number of unbranched alkanes of at least 4 members (excludes halogenated alkanes) is 1.